The first kappa shape index (κ1) is 13.7. The van der Waals surface area contributed by atoms with Crippen LogP contribution < -0.4 is 5.32 Å². The standard InChI is InChI=1S/C14H27NO/c1-2-3-4-5-6-7-8-9-10-11-14(16)13-12-15-13/h13,15H,2-12H2,1H3. The number of unbranched alkanes of at least 4 members (excludes halogenated alkanes) is 8. The lowest BCUT2D eigenvalue weighted by Crippen LogP contribution is -2.08. The first-order valence-corrected chi connectivity index (χ1v) is 7.10. The number of rotatable bonds is 11. The first-order valence-electron chi connectivity index (χ1n) is 7.10. The van der Waals surface area contributed by atoms with Gasteiger partial charge in [-0.25, -0.2) is 0 Å². The highest BCUT2D eigenvalue weighted by molar-refractivity contribution is 5.86. The molecule has 1 fully saturated rings. The molecule has 0 aromatic carbocycles. The van der Waals surface area contributed by atoms with Gasteiger partial charge in [-0.3, -0.25) is 4.79 Å². The molecule has 16 heavy (non-hydrogen) atoms. The molecule has 1 aliphatic rings. The van der Waals surface area contributed by atoms with Crippen molar-refractivity contribution in [1.29, 1.82) is 0 Å². The van der Waals surface area contributed by atoms with Crippen molar-refractivity contribution in [2.45, 2.75) is 77.2 Å². The largest absolute Gasteiger partial charge is 0.304 e. The van der Waals surface area contributed by atoms with Crippen molar-refractivity contribution in [3.05, 3.63) is 0 Å². The van der Waals surface area contributed by atoms with E-state index < -0.39 is 0 Å². The van der Waals surface area contributed by atoms with Gasteiger partial charge < -0.3 is 5.32 Å². The summed E-state index contributed by atoms with van der Waals surface area (Å²) in [7, 11) is 0. The Hall–Kier alpha value is -0.370. The van der Waals surface area contributed by atoms with E-state index in [0.717, 1.165) is 19.4 Å². The molecule has 1 aliphatic heterocycles. The van der Waals surface area contributed by atoms with Crippen molar-refractivity contribution >= 4 is 5.78 Å². The van der Waals surface area contributed by atoms with Gasteiger partial charge in [0.25, 0.3) is 0 Å². The van der Waals surface area contributed by atoms with Gasteiger partial charge in [-0.15, -0.1) is 0 Å². The molecule has 0 radical (unpaired) electrons. The predicted molar refractivity (Wildman–Crippen MR) is 68.6 cm³/mol. The van der Waals surface area contributed by atoms with E-state index in [9.17, 15) is 4.79 Å². The molecule has 0 bridgehead atoms. The summed E-state index contributed by atoms with van der Waals surface area (Å²) in [5.74, 6) is 0.433. The molecule has 0 aromatic rings. The third kappa shape index (κ3) is 7.00. The fraction of sp³-hybridized carbons (Fsp3) is 0.929. The van der Waals surface area contributed by atoms with E-state index in [4.69, 9.17) is 0 Å². The first-order chi connectivity index (χ1) is 7.84. The Kier molecular flexibility index (Phi) is 7.48. The van der Waals surface area contributed by atoms with Crippen molar-refractivity contribution in [2.75, 3.05) is 6.54 Å². The second-order valence-electron chi connectivity index (χ2n) is 5.01. The molecule has 0 saturated carbocycles. The molecule has 2 nitrogen and oxygen atoms in total. The van der Waals surface area contributed by atoms with Gasteiger partial charge in [-0.05, 0) is 6.42 Å². The van der Waals surface area contributed by atoms with E-state index in [1.807, 2.05) is 0 Å². The molecule has 0 aliphatic carbocycles. The number of hydrogen-bond donors (Lipinski definition) is 1. The van der Waals surface area contributed by atoms with Gasteiger partial charge in [0.1, 0.15) is 0 Å². The quantitative estimate of drug-likeness (QED) is 0.432. The average Bonchev–Trinajstić information content (AvgIpc) is 3.10. The SMILES string of the molecule is CCCCCCCCCCCC(=O)C1CN1. The summed E-state index contributed by atoms with van der Waals surface area (Å²) in [4.78, 5) is 11.3. The van der Waals surface area contributed by atoms with Crippen molar-refractivity contribution in [1.82, 2.24) is 5.32 Å². The fourth-order valence-electron chi connectivity index (χ4n) is 2.07. The number of hydrogen-bond acceptors (Lipinski definition) is 2. The third-order valence-electron chi connectivity index (χ3n) is 3.32. The predicted octanol–water partition coefficient (Wildman–Crippen LogP) is 3.45. The van der Waals surface area contributed by atoms with Gasteiger partial charge in [-0.1, -0.05) is 58.3 Å². The van der Waals surface area contributed by atoms with Crippen LogP contribution in [-0.2, 0) is 4.79 Å². The molecule has 1 rings (SSSR count). The van der Waals surface area contributed by atoms with Crippen LogP contribution >= 0.6 is 0 Å². The van der Waals surface area contributed by atoms with Crippen molar-refractivity contribution in [3.63, 3.8) is 0 Å². The average molecular weight is 225 g/mol. The Morgan fingerprint density at radius 1 is 1.00 bits per heavy atom. The lowest BCUT2D eigenvalue weighted by molar-refractivity contribution is -0.118. The van der Waals surface area contributed by atoms with Crippen molar-refractivity contribution in [3.8, 4) is 0 Å². The molecular weight excluding hydrogens is 198 g/mol. The van der Waals surface area contributed by atoms with Gasteiger partial charge in [-0.2, -0.15) is 0 Å². The highest BCUT2D eigenvalue weighted by Crippen LogP contribution is 2.12. The number of ketones is 1. The van der Waals surface area contributed by atoms with Crippen LogP contribution in [0.3, 0.4) is 0 Å². The van der Waals surface area contributed by atoms with Gasteiger partial charge in [0.2, 0.25) is 0 Å². The second kappa shape index (κ2) is 8.74. The molecule has 0 spiro atoms. The van der Waals surface area contributed by atoms with Gasteiger partial charge in [0, 0.05) is 13.0 Å². The Morgan fingerprint density at radius 2 is 1.50 bits per heavy atom. The van der Waals surface area contributed by atoms with Crippen LogP contribution in [0.15, 0.2) is 0 Å². The van der Waals surface area contributed by atoms with E-state index in [-0.39, 0.29) is 6.04 Å². The van der Waals surface area contributed by atoms with Crippen LogP contribution in [0.25, 0.3) is 0 Å². The summed E-state index contributed by atoms with van der Waals surface area (Å²) < 4.78 is 0. The summed E-state index contributed by atoms with van der Waals surface area (Å²) in [6.45, 7) is 3.18. The lowest BCUT2D eigenvalue weighted by Gasteiger charge is -2.01. The van der Waals surface area contributed by atoms with Crippen LogP contribution in [0.4, 0.5) is 0 Å². The lowest BCUT2D eigenvalue weighted by atomic mass is 10.0. The van der Waals surface area contributed by atoms with Crippen LogP contribution in [0, 0.1) is 0 Å². The normalized spacial score (nSPS) is 18.7. The monoisotopic (exact) mass is 225 g/mol. The summed E-state index contributed by atoms with van der Waals surface area (Å²) in [5, 5.41) is 3.07. The van der Waals surface area contributed by atoms with Gasteiger partial charge in [0.15, 0.2) is 5.78 Å². The summed E-state index contributed by atoms with van der Waals surface area (Å²) in [5.41, 5.74) is 0. The van der Waals surface area contributed by atoms with E-state index in [0.29, 0.717) is 5.78 Å². The molecular formula is C14H27NO. The van der Waals surface area contributed by atoms with Crippen molar-refractivity contribution in [2.24, 2.45) is 0 Å². The molecule has 1 saturated heterocycles. The molecule has 0 amide bonds. The topological polar surface area (TPSA) is 39.0 Å². The van der Waals surface area contributed by atoms with Gasteiger partial charge >= 0.3 is 0 Å². The van der Waals surface area contributed by atoms with E-state index in [1.165, 1.54) is 51.4 Å². The zero-order chi connectivity index (χ0) is 11.6. The third-order valence-corrected chi connectivity index (χ3v) is 3.32. The van der Waals surface area contributed by atoms with E-state index in [2.05, 4.69) is 12.2 Å². The number of Topliss-reactive ketones (excluding diaryl/α,β-unsaturated/α-hetero) is 1. The van der Waals surface area contributed by atoms with Crippen LogP contribution in [0.2, 0.25) is 0 Å². The summed E-state index contributed by atoms with van der Waals surface area (Å²) >= 11 is 0. The molecule has 1 heterocycles. The maximum Gasteiger partial charge on any atom is 0.151 e. The van der Waals surface area contributed by atoms with E-state index in [1.54, 1.807) is 0 Å². The molecule has 0 aromatic heterocycles. The Morgan fingerprint density at radius 3 is 2.00 bits per heavy atom. The maximum absolute atomic E-state index is 11.3. The highest BCUT2D eigenvalue weighted by atomic mass is 16.1. The zero-order valence-corrected chi connectivity index (χ0v) is 10.8. The smallest absolute Gasteiger partial charge is 0.151 e. The molecule has 1 atom stereocenters. The molecule has 1 N–H and O–H groups in total. The molecule has 2 heteroatoms. The van der Waals surface area contributed by atoms with Gasteiger partial charge in [0.05, 0.1) is 6.04 Å². The van der Waals surface area contributed by atoms with Crippen molar-refractivity contribution < 1.29 is 4.79 Å². The van der Waals surface area contributed by atoms with Crippen LogP contribution in [0.5, 0.6) is 0 Å². The zero-order valence-electron chi connectivity index (χ0n) is 10.8. The molecule has 1 unspecified atom stereocenters. The number of nitrogens with one attached hydrogen (secondary N) is 1. The summed E-state index contributed by atoms with van der Waals surface area (Å²) in [6.07, 6.45) is 12.7. The van der Waals surface area contributed by atoms with E-state index >= 15 is 0 Å². The minimum absolute atomic E-state index is 0.231. The Bertz CT molecular complexity index is 187. The minimum atomic E-state index is 0.231. The number of carbonyl (C=O) groups is 1. The van der Waals surface area contributed by atoms with Crippen LogP contribution in [-0.4, -0.2) is 18.4 Å². The highest BCUT2D eigenvalue weighted by Gasteiger charge is 2.27. The van der Waals surface area contributed by atoms with Crippen LogP contribution in [0.1, 0.15) is 71.1 Å². The maximum atomic E-state index is 11.3. The second-order valence-corrected chi connectivity index (χ2v) is 5.01. The minimum Gasteiger partial charge on any atom is -0.304 e. The number of carbonyl (C=O) groups excluding carboxylic acids is 1. The Labute approximate surface area is 100 Å². The summed E-state index contributed by atoms with van der Waals surface area (Å²) in [6, 6.07) is 0.231. The fourth-order valence-corrected chi connectivity index (χ4v) is 2.07. The Balaban J connectivity index is 1.72. The molecule has 94 valence electrons.